The van der Waals surface area contributed by atoms with Gasteiger partial charge in [-0.05, 0) is 19.4 Å². The van der Waals surface area contributed by atoms with Crippen LogP contribution in [0.15, 0.2) is 11.6 Å². The van der Waals surface area contributed by atoms with Gasteiger partial charge in [-0.2, -0.15) is 0 Å². The molecule has 2 aliphatic rings. The molecule has 14 heavy (non-hydrogen) atoms. The molecule has 0 amide bonds. The van der Waals surface area contributed by atoms with Gasteiger partial charge in [-0.25, -0.2) is 4.79 Å². The topological polar surface area (TPSA) is 52.6 Å². The lowest BCUT2D eigenvalue weighted by atomic mass is 9.91. The Morgan fingerprint density at radius 1 is 1.71 bits per heavy atom. The molecule has 2 heterocycles. The molecule has 4 nitrogen and oxygen atoms in total. The quantitative estimate of drug-likeness (QED) is 0.576. The number of Topliss-reactive ketones (excluding diaryl/α,β-unsaturated/α-hetero) is 1. The molecule has 0 radical (unpaired) electrons. The van der Waals surface area contributed by atoms with Crippen molar-refractivity contribution in [3.63, 3.8) is 0 Å². The lowest BCUT2D eigenvalue weighted by Crippen LogP contribution is -2.39. The van der Waals surface area contributed by atoms with Gasteiger partial charge in [0.05, 0.1) is 18.3 Å². The van der Waals surface area contributed by atoms with Gasteiger partial charge in [-0.15, -0.1) is 0 Å². The summed E-state index contributed by atoms with van der Waals surface area (Å²) in [5.41, 5.74) is -0.137. The molecule has 2 unspecified atom stereocenters. The van der Waals surface area contributed by atoms with Gasteiger partial charge >= 0.3 is 5.97 Å². The van der Waals surface area contributed by atoms with Crippen LogP contribution in [0.1, 0.15) is 19.8 Å². The van der Waals surface area contributed by atoms with Crippen molar-refractivity contribution in [1.82, 2.24) is 0 Å². The van der Waals surface area contributed by atoms with Crippen molar-refractivity contribution in [2.45, 2.75) is 31.5 Å². The monoisotopic (exact) mass is 196 g/mol. The molecule has 2 bridgehead atoms. The molecule has 1 fully saturated rings. The summed E-state index contributed by atoms with van der Waals surface area (Å²) >= 11 is 0. The first-order valence-electron chi connectivity index (χ1n) is 4.58. The summed E-state index contributed by atoms with van der Waals surface area (Å²) < 4.78 is 10.1. The van der Waals surface area contributed by atoms with E-state index in [-0.39, 0.29) is 5.78 Å². The van der Waals surface area contributed by atoms with Crippen LogP contribution >= 0.6 is 0 Å². The van der Waals surface area contributed by atoms with Gasteiger partial charge < -0.3 is 9.47 Å². The standard InChI is InChI=1S/C10H12O4/c1-10-4-3-7(11)8(14-10)5-6(10)9(12)13-2/h5,8H,3-4H2,1-2H3. The first-order valence-corrected chi connectivity index (χ1v) is 4.58. The largest absolute Gasteiger partial charge is 0.466 e. The highest BCUT2D eigenvalue weighted by Gasteiger charge is 2.48. The molecule has 4 heteroatoms. The number of ketones is 1. The van der Waals surface area contributed by atoms with Crippen LogP contribution in [0.25, 0.3) is 0 Å². The van der Waals surface area contributed by atoms with Gasteiger partial charge in [0.1, 0.15) is 6.10 Å². The van der Waals surface area contributed by atoms with Crippen molar-refractivity contribution in [3.8, 4) is 0 Å². The molecule has 0 aromatic heterocycles. The Bertz CT molecular complexity index is 331. The lowest BCUT2D eigenvalue weighted by molar-refractivity contribution is -0.147. The highest BCUT2D eigenvalue weighted by atomic mass is 16.5. The molecule has 76 valence electrons. The van der Waals surface area contributed by atoms with Crippen molar-refractivity contribution < 1.29 is 19.1 Å². The molecule has 0 aromatic carbocycles. The molecule has 0 saturated carbocycles. The van der Waals surface area contributed by atoms with E-state index >= 15 is 0 Å². The van der Waals surface area contributed by atoms with E-state index in [2.05, 4.69) is 4.74 Å². The normalized spacial score (nSPS) is 35.4. The van der Waals surface area contributed by atoms with Crippen molar-refractivity contribution >= 4 is 11.8 Å². The maximum Gasteiger partial charge on any atom is 0.336 e. The number of ether oxygens (including phenoxy) is 2. The molecule has 0 aromatic rings. The Kier molecular flexibility index (Phi) is 1.96. The summed E-state index contributed by atoms with van der Waals surface area (Å²) in [6, 6.07) is 0. The first kappa shape index (κ1) is 9.40. The van der Waals surface area contributed by atoms with Gasteiger partial charge in [-0.3, -0.25) is 4.79 Å². The van der Waals surface area contributed by atoms with Crippen LogP contribution in [0, 0.1) is 0 Å². The number of rotatable bonds is 1. The predicted octanol–water partition coefficient (Wildman–Crippen LogP) is 0.606. The highest BCUT2D eigenvalue weighted by molar-refractivity contribution is 5.96. The summed E-state index contributed by atoms with van der Waals surface area (Å²) in [6.45, 7) is 1.82. The van der Waals surface area contributed by atoms with Gasteiger partial charge in [-0.1, -0.05) is 0 Å². The van der Waals surface area contributed by atoms with Crippen LogP contribution < -0.4 is 0 Å². The summed E-state index contributed by atoms with van der Waals surface area (Å²) in [4.78, 5) is 22.7. The number of fused-ring (bicyclic) bond motifs is 2. The Morgan fingerprint density at radius 3 is 3.00 bits per heavy atom. The second kappa shape index (κ2) is 2.92. The Balaban J connectivity index is 2.34. The smallest absolute Gasteiger partial charge is 0.336 e. The fraction of sp³-hybridized carbons (Fsp3) is 0.600. The van der Waals surface area contributed by atoms with Crippen molar-refractivity contribution in [3.05, 3.63) is 11.6 Å². The molecule has 2 aliphatic heterocycles. The predicted molar refractivity (Wildman–Crippen MR) is 47.6 cm³/mol. The summed E-state index contributed by atoms with van der Waals surface area (Å²) in [6.07, 6.45) is 2.07. The summed E-state index contributed by atoms with van der Waals surface area (Å²) in [7, 11) is 1.33. The van der Waals surface area contributed by atoms with E-state index in [1.54, 1.807) is 6.08 Å². The van der Waals surface area contributed by atoms with E-state index in [9.17, 15) is 9.59 Å². The molecule has 0 aliphatic carbocycles. The molecule has 2 rings (SSSR count). The van der Waals surface area contributed by atoms with Crippen LogP contribution in [0.3, 0.4) is 0 Å². The van der Waals surface area contributed by atoms with Gasteiger partial charge in [0.2, 0.25) is 0 Å². The van der Waals surface area contributed by atoms with Gasteiger partial charge in [0.25, 0.3) is 0 Å². The van der Waals surface area contributed by atoms with E-state index in [0.29, 0.717) is 18.4 Å². The van der Waals surface area contributed by atoms with Crippen LogP contribution in [-0.4, -0.2) is 30.6 Å². The highest BCUT2D eigenvalue weighted by Crippen LogP contribution is 2.39. The minimum Gasteiger partial charge on any atom is -0.466 e. The number of methoxy groups -OCH3 is 1. The van der Waals surface area contributed by atoms with Crippen LogP contribution in [0.2, 0.25) is 0 Å². The Hall–Kier alpha value is -1.16. The number of hydrogen-bond acceptors (Lipinski definition) is 4. The van der Waals surface area contributed by atoms with E-state index in [1.807, 2.05) is 6.92 Å². The Morgan fingerprint density at radius 2 is 2.43 bits per heavy atom. The van der Waals surface area contributed by atoms with Crippen LogP contribution in [0.4, 0.5) is 0 Å². The molecule has 0 spiro atoms. The van der Waals surface area contributed by atoms with Gasteiger partial charge in [0.15, 0.2) is 5.78 Å². The fourth-order valence-electron chi connectivity index (χ4n) is 1.96. The average Bonchev–Trinajstić information content (AvgIpc) is 2.46. The first-order chi connectivity index (χ1) is 6.57. The maximum absolute atomic E-state index is 11.4. The number of esters is 1. The molecule has 0 N–H and O–H groups in total. The van der Waals surface area contributed by atoms with Crippen LogP contribution in [-0.2, 0) is 19.1 Å². The zero-order chi connectivity index (χ0) is 10.3. The number of carbonyl (C=O) groups excluding carboxylic acids is 2. The average molecular weight is 196 g/mol. The third kappa shape index (κ3) is 1.18. The van der Waals surface area contributed by atoms with Gasteiger partial charge in [0, 0.05) is 6.42 Å². The second-order valence-corrected chi connectivity index (χ2v) is 3.81. The molecular formula is C10H12O4. The maximum atomic E-state index is 11.4. The van der Waals surface area contributed by atoms with Crippen LogP contribution in [0.5, 0.6) is 0 Å². The zero-order valence-corrected chi connectivity index (χ0v) is 8.20. The minimum atomic E-state index is -0.619. The SMILES string of the molecule is COC(=O)C1=CC2OC1(C)CCC2=O. The van der Waals surface area contributed by atoms with E-state index < -0.39 is 17.7 Å². The minimum absolute atomic E-state index is 0.0429. The van der Waals surface area contributed by atoms with Crippen molar-refractivity contribution in [1.29, 1.82) is 0 Å². The van der Waals surface area contributed by atoms with Crippen molar-refractivity contribution in [2.75, 3.05) is 7.11 Å². The number of carbonyl (C=O) groups is 2. The Labute approximate surface area is 81.9 Å². The lowest BCUT2D eigenvalue weighted by Gasteiger charge is -2.30. The van der Waals surface area contributed by atoms with Crippen molar-refractivity contribution in [2.24, 2.45) is 0 Å². The zero-order valence-electron chi connectivity index (χ0n) is 8.20. The summed E-state index contributed by atoms with van der Waals surface area (Å²) in [5.74, 6) is -0.355. The molecule has 2 atom stereocenters. The second-order valence-electron chi connectivity index (χ2n) is 3.81. The number of hydrogen-bond donors (Lipinski definition) is 0. The van der Waals surface area contributed by atoms with E-state index in [4.69, 9.17) is 4.74 Å². The van der Waals surface area contributed by atoms with E-state index in [1.165, 1.54) is 7.11 Å². The van der Waals surface area contributed by atoms with E-state index in [0.717, 1.165) is 0 Å². The molecular weight excluding hydrogens is 184 g/mol. The fourth-order valence-corrected chi connectivity index (χ4v) is 1.96. The third-order valence-electron chi connectivity index (χ3n) is 2.85. The third-order valence-corrected chi connectivity index (χ3v) is 2.85. The summed E-state index contributed by atoms with van der Waals surface area (Å²) in [5, 5.41) is 0. The molecule has 1 saturated heterocycles.